The first kappa shape index (κ1) is 17.9. The van der Waals surface area contributed by atoms with Crippen molar-refractivity contribution in [3.63, 3.8) is 0 Å². The predicted octanol–water partition coefficient (Wildman–Crippen LogP) is 3.56. The lowest BCUT2D eigenvalue weighted by atomic mass is 10.0. The van der Waals surface area contributed by atoms with E-state index in [1.165, 1.54) is 7.11 Å². The molecule has 0 saturated heterocycles. The number of hydrogen-bond acceptors (Lipinski definition) is 3. The average Bonchev–Trinajstić information content (AvgIpc) is 2.49. The van der Waals surface area contributed by atoms with Crippen molar-refractivity contribution >= 4 is 0 Å². The normalized spacial score (nSPS) is 12.4. The second kappa shape index (κ2) is 10.6. The molecule has 1 unspecified atom stereocenters. The molecule has 0 heterocycles. The van der Waals surface area contributed by atoms with Gasteiger partial charge in [0.25, 0.3) is 0 Å². The van der Waals surface area contributed by atoms with E-state index in [-0.39, 0.29) is 5.82 Å². The number of halogens is 1. The zero-order chi connectivity index (χ0) is 15.5. The van der Waals surface area contributed by atoms with Crippen molar-refractivity contribution in [1.82, 2.24) is 5.32 Å². The molecule has 1 atom stereocenters. The molecule has 0 radical (unpaired) electrons. The van der Waals surface area contributed by atoms with Crippen molar-refractivity contribution in [3.05, 3.63) is 29.6 Å². The quantitative estimate of drug-likeness (QED) is 0.634. The molecule has 1 aromatic carbocycles. The van der Waals surface area contributed by atoms with Crippen molar-refractivity contribution < 1.29 is 13.9 Å². The zero-order valence-electron chi connectivity index (χ0n) is 13.5. The number of hydrogen-bond donors (Lipinski definition) is 1. The Balaban J connectivity index is 2.55. The van der Waals surface area contributed by atoms with Gasteiger partial charge in [-0.25, -0.2) is 4.39 Å². The summed E-state index contributed by atoms with van der Waals surface area (Å²) in [5.74, 6) is -0.00503. The summed E-state index contributed by atoms with van der Waals surface area (Å²) in [4.78, 5) is 0. The third-order valence-electron chi connectivity index (χ3n) is 3.34. The highest BCUT2D eigenvalue weighted by Gasteiger charge is 2.11. The average molecular weight is 297 g/mol. The lowest BCUT2D eigenvalue weighted by Gasteiger charge is -2.19. The van der Waals surface area contributed by atoms with Crippen LogP contribution in [0.1, 0.15) is 38.7 Å². The third-order valence-corrected chi connectivity index (χ3v) is 3.34. The van der Waals surface area contributed by atoms with E-state index < -0.39 is 0 Å². The summed E-state index contributed by atoms with van der Waals surface area (Å²) >= 11 is 0. The standard InChI is InChI=1S/C17H28FNO2/c1-4-9-19-15(8-11-21-10-5-2)12-14-6-7-17(20-3)16(18)13-14/h6-7,13,15,19H,4-5,8-12H2,1-3H3. The van der Waals surface area contributed by atoms with E-state index in [9.17, 15) is 4.39 Å². The van der Waals surface area contributed by atoms with Crippen LogP contribution in [0.5, 0.6) is 5.75 Å². The van der Waals surface area contributed by atoms with Crippen LogP contribution in [-0.4, -0.2) is 32.9 Å². The van der Waals surface area contributed by atoms with Gasteiger partial charge in [0.05, 0.1) is 7.11 Å². The number of ether oxygens (including phenoxy) is 2. The summed E-state index contributed by atoms with van der Waals surface area (Å²) in [5.41, 5.74) is 0.984. The van der Waals surface area contributed by atoms with Crippen LogP contribution in [0, 0.1) is 5.82 Å². The first-order valence-corrected chi connectivity index (χ1v) is 7.84. The van der Waals surface area contributed by atoms with Crippen LogP contribution in [0.3, 0.4) is 0 Å². The SMILES string of the molecule is CCCNC(CCOCCC)Cc1ccc(OC)c(F)c1. The van der Waals surface area contributed by atoms with Crippen LogP contribution >= 0.6 is 0 Å². The molecule has 1 rings (SSSR count). The van der Waals surface area contributed by atoms with Crippen LogP contribution < -0.4 is 10.1 Å². The lowest BCUT2D eigenvalue weighted by molar-refractivity contribution is 0.124. The maximum atomic E-state index is 13.7. The van der Waals surface area contributed by atoms with E-state index in [4.69, 9.17) is 9.47 Å². The van der Waals surface area contributed by atoms with Crippen molar-refractivity contribution in [2.75, 3.05) is 26.9 Å². The third kappa shape index (κ3) is 6.91. The molecule has 0 aliphatic carbocycles. The summed E-state index contributed by atoms with van der Waals surface area (Å²) in [5, 5.41) is 3.51. The molecule has 120 valence electrons. The second-order valence-electron chi connectivity index (χ2n) is 5.23. The van der Waals surface area contributed by atoms with Crippen molar-refractivity contribution in [3.8, 4) is 5.75 Å². The molecular weight excluding hydrogens is 269 g/mol. The minimum Gasteiger partial charge on any atom is -0.494 e. The van der Waals surface area contributed by atoms with E-state index >= 15 is 0 Å². The van der Waals surface area contributed by atoms with E-state index in [1.54, 1.807) is 12.1 Å². The van der Waals surface area contributed by atoms with E-state index in [0.717, 1.165) is 51.0 Å². The summed E-state index contributed by atoms with van der Waals surface area (Å²) in [6, 6.07) is 5.49. The molecule has 0 saturated carbocycles. The molecule has 0 aromatic heterocycles. The Kier molecular flexibility index (Phi) is 9.02. The summed E-state index contributed by atoms with van der Waals surface area (Å²) in [6.45, 7) is 6.76. The highest BCUT2D eigenvalue weighted by Crippen LogP contribution is 2.19. The monoisotopic (exact) mass is 297 g/mol. The van der Waals surface area contributed by atoms with Crippen LogP contribution in [0.15, 0.2) is 18.2 Å². The Morgan fingerprint density at radius 1 is 1.19 bits per heavy atom. The second-order valence-corrected chi connectivity index (χ2v) is 5.23. The first-order valence-electron chi connectivity index (χ1n) is 7.84. The predicted molar refractivity (Wildman–Crippen MR) is 84.5 cm³/mol. The van der Waals surface area contributed by atoms with Gasteiger partial charge >= 0.3 is 0 Å². The van der Waals surface area contributed by atoms with Crippen molar-refractivity contribution in [1.29, 1.82) is 0 Å². The summed E-state index contributed by atoms with van der Waals surface area (Å²) in [7, 11) is 1.48. The number of rotatable bonds is 11. The largest absolute Gasteiger partial charge is 0.494 e. The van der Waals surface area contributed by atoms with Crippen LogP contribution in [0.4, 0.5) is 4.39 Å². The minimum absolute atomic E-state index is 0.295. The van der Waals surface area contributed by atoms with Gasteiger partial charge in [-0.05, 0) is 49.9 Å². The Bertz CT molecular complexity index is 398. The van der Waals surface area contributed by atoms with Gasteiger partial charge in [0, 0.05) is 19.3 Å². The minimum atomic E-state index is -0.300. The highest BCUT2D eigenvalue weighted by atomic mass is 19.1. The number of benzene rings is 1. The fourth-order valence-corrected chi connectivity index (χ4v) is 2.22. The van der Waals surface area contributed by atoms with Gasteiger partial charge in [-0.3, -0.25) is 0 Å². The molecule has 3 nitrogen and oxygen atoms in total. The molecule has 0 aliphatic rings. The number of methoxy groups -OCH3 is 1. The lowest BCUT2D eigenvalue weighted by Crippen LogP contribution is -2.33. The van der Waals surface area contributed by atoms with Gasteiger partial charge in [0.2, 0.25) is 0 Å². The van der Waals surface area contributed by atoms with Gasteiger partial charge < -0.3 is 14.8 Å². The Hall–Kier alpha value is -1.13. The molecule has 4 heteroatoms. The van der Waals surface area contributed by atoms with Crippen LogP contribution in [0.2, 0.25) is 0 Å². The fraction of sp³-hybridized carbons (Fsp3) is 0.647. The Morgan fingerprint density at radius 2 is 2.00 bits per heavy atom. The van der Waals surface area contributed by atoms with Crippen molar-refractivity contribution in [2.45, 2.75) is 45.6 Å². The van der Waals surface area contributed by atoms with E-state index in [2.05, 4.69) is 19.2 Å². The molecule has 1 N–H and O–H groups in total. The van der Waals surface area contributed by atoms with Gasteiger partial charge in [-0.1, -0.05) is 19.9 Å². The molecule has 0 aliphatic heterocycles. The highest BCUT2D eigenvalue weighted by molar-refractivity contribution is 5.29. The Labute approximate surface area is 127 Å². The topological polar surface area (TPSA) is 30.5 Å². The van der Waals surface area contributed by atoms with Crippen LogP contribution in [-0.2, 0) is 11.2 Å². The first-order chi connectivity index (χ1) is 10.2. The maximum absolute atomic E-state index is 13.7. The van der Waals surface area contributed by atoms with Gasteiger partial charge in [-0.2, -0.15) is 0 Å². The summed E-state index contributed by atoms with van der Waals surface area (Å²) in [6.07, 6.45) is 3.87. The van der Waals surface area contributed by atoms with Gasteiger partial charge in [-0.15, -0.1) is 0 Å². The fourth-order valence-electron chi connectivity index (χ4n) is 2.22. The molecule has 0 fully saturated rings. The van der Waals surface area contributed by atoms with Crippen molar-refractivity contribution in [2.24, 2.45) is 0 Å². The molecule has 0 amide bonds. The van der Waals surface area contributed by atoms with E-state index in [0.29, 0.717) is 11.8 Å². The van der Waals surface area contributed by atoms with Gasteiger partial charge in [0.1, 0.15) is 0 Å². The molecule has 21 heavy (non-hydrogen) atoms. The Morgan fingerprint density at radius 3 is 2.62 bits per heavy atom. The summed E-state index contributed by atoms with van der Waals surface area (Å²) < 4.78 is 24.2. The molecule has 0 spiro atoms. The molecule has 1 aromatic rings. The van der Waals surface area contributed by atoms with E-state index in [1.807, 2.05) is 6.07 Å². The molecule has 0 bridgehead atoms. The van der Waals surface area contributed by atoms with Crippen LogP contribution in [0.25, 0.3) is 0 Å². The number of nitrogens with one attached hydrogen (secondary N) is 1. The maximum Gasteiger partial charge on any atom is 0.165 e. The smallest absolute Gasteiger partial charge is 0.165 e. The zero-order valence-corrected chi connectivity index (χ0v) is 13.5. The molecular formula is C17H28FNO2. The van der Waals surface area contributed by atoms with Gasteiger partial charge in [0.15, 0.2) is 11.6 Å².